The lowest BCUT2D eigenvalue weighted by Gasteiger charge is -2.38. The van der Waals surface area contributed by atoms with Crippen LogP contribution in [0.1, 0.15) is 13.3 Å². The molecule has 15 heavy (non-hydrogen) atoms. The van der Waals surface area contributed by atoms with E-state index < -0.39 is 0 Å². The van der Waals surface area contributed by atoms with Crippen molar-refractivity contribution < 1.29 is 13.8 Å². The van der Waals surface area contributed by atoms with Crippen LogP contribution in [0.15, 0.2) is 0 Å². The van der Waals surface area contributed by atoms with Crippen molar-refractivity contribution >= 4 is 5.91 Å². The second-order valence-electron chi connectivity index (χ2n) is 5.95. The summed E-state index contributed by atoms with van der Waals surface area (Å²) in [6, 6.07) is 0. The summed E-state index contributed by atoms with van der Waals surface area (Å²) in [5.74, 6) is 0.211. The molecule has 0 aliphatic carbocycles. The molecular formula is C11H27N3O+2. The van der Waals surface area contributed by atoms with Gasteiger partial charge in [0.1, 0.15) is 0 Å². The molecule has 0 heterocycles. The van der Waals surface area contributed by atoms with Crippen LogP contribution < -0.4 is 0 Å². The van der Waals surface area contributed by atoms with Gasteiger partial charge in [-0.2, -0.15) is 0 Å². The minimum Gasteiger partial charge on any atom is -0.298 e. The summed E-state index contributed by atoms with van der Waals surface area (Å²) >= 11 is 0. The van der Waals surface area contributed by atoms with Crippen molar-refractivity contribution in [2.75, 3.05) is 55.6 Å². The van der Waals surface area contributed by atoms with Crippen molar-refractivity contribution in [3.8, 4) is 0 Å². The third-order valence-corrected chi connectivity index (χ3v) is 2.13. The summed E-state index contributed by atoms with van der Waals surface area (Å²) < 4.78 is 1.73. The predicted octanol–water partition coefficient (Wildman–Crippen LogP) is 0.552. The monoisotopic (exact) mass is 217 g/mol. The lowest BCUT2D eigenvalue weighted by molar-refractivity contribution is -1.06. The number of nitrogens with zero attached hydrogens (tertiary/aromatic N) is 3. The van der Waals surface area contributed by atoms with Gasteiger partial charge in [-0.05, 0) is 0 Å². The first kappa shape index (κ1) is 14.4. The Morgan fingerprint density at radius 2 is 1.60 bits per heavy atom. The number of quaternary nitrogens is 2. The Morgan fingerprint density at radius 3 is 1.93 bits per heavy atom. The topological polar surface area (TPSA) is 20.3 Å². The van der Waals surface area contributed by atoms with Crippen molar-refractivity contribution in [3.63, 3.8) is 0 Å². The van der Waals surface area contributed by atoms with Gasteiger partial charge in [-0.15, -0.1) is 0 Å². The SMILES string of the molecule is CCC(=O)N(C)C[N+](C)(C)C[N+](C)(C)C. The molecule has 0 saturated carbocycles. The number of rotatable bonds is 5. The number of carbonyl (C=O) groups is 1. The average Bonchev–Trinajstić information content (AvgIpc) is 1.96. The summed E-state index contributed by atoms with van der Waals surface area (Å²) in [4.78, 5) is 13.3. The zero-order chi connectivity index (χ0) is 12.3. The zero-order valence-electron chi connectivity index (χ0n) is 11.4. The van der Waals surface area contributed by atoms with Crippen molar-refractivity contribution in [1.82, 2.24) is 4.90 Å². The van der Waals surface area contributed by atoms with Crippen LogP contribution in [0.5, 0.6) is 0 Å². The fraction of sp³-hybridized carbons (Fsp3) is 0.909. The Balaban J connectivity index is 4.31. The van der Waals surface area contributed by atoms with Crippen LogP contribution in [0.25, 0.3) is 0 Å². The molecule has 4 heteroatoms. The van der Waals surface area contributed by atoms with Crippen molar-refractivity contribution in [3.05, 3.63) is 0 Å². The smallest absolute Gasteiger partial charge is 0.226 e. The van der Waals surface area contributed by atoms with E-state index in [0.29, 0.717) is 6.42 Å². The number of carbonyl (C=O) groups excluding carboxylic acids is 1. The molecule has 0 N–H and O–H groups in total. The first-order chi connectivity index (χ1) is 6.57. The summed E-state index contributed by atoms with van der Waals surface area (Å²) in [7, 11) is 12.7. The molecule has 0 aliphatic heterocycles. The van der Waals surface area contributed by atoms with Crippen molar-refractivity contribution in [2.45, 2.75) is 13.3 Å². The third-order valence-electron chi connectivity index (χ3n) is 2.13. The summed E-state index contributed by atoms with van der Waals surface area (Å²) in [5.41, 5.74) is 0. The molecular weight excluding hydrogens is 190 g/mol. The summed E-state index contributed by atoms with van der Waals surface area (Å²) in [6.45, 7) is 3.67. The quantitative estimate of drug-likeness (QED) is 0.486. The number of amides is 1. The minimum atomic E-state index is 0.211. The Hall–Kier alpha value is -0.610. The van der Waals surface area contributed by atoms with Gasteiger partial charge in [0.15, 0.2) is 6.67 Å². The molecule has 0 atom stereocenters. The van der Waals surface area contributed by atoms with E-state index in [4.69, 9.17) is 0 Å². The van der Waals surface area contributed by atoms with E-state index in [1.54, 1.807) is 0 Å². The van der Waals surface area contributed by atoms with Gasteiger partial charge in [-0.1, -0.05) is 6.92 Å². The highest BCUT2D eigenvalue weighted by Crippen LogP contribution is 2.05. The van der Waals surface area contributed by atoms with Crippen molar-refractivity contribution in [1.29, 1.82) is 0 Å². The molecule has 0 fully saturated rings. The second-order valence-corrected chi connectivity index (χ2v) is 5.95. The van der Waals surface area contributed by atoms with E-state index in [0.717, 1.165) is 22.3 Å². The van der Waals surface area contributed by atoms with E-state index in [1.165, 1.54) is 0 Å². The van der Waals surface area contributed by atoms with Crippen LogP contribution in [-0.2, 0) is 4.79 Å². The maximum Gasteiger partial charge on any atom is 0.226 e. The molecule has 0 bridgehead atoms. The Kier molecular flexibility index (Phi) is 4.74. The van der Waals surface area contributed by atoms with E-state index in [2.05, 4.69) is 35.2 Å². The lowest BCUT2D eigenvalue weighted by Crippen LogP contribution is -2.57. The van der Waals surface area contributed by atoms with Crippen molar-refractivity contribution in [2.24, 2.45) is 0 Å². The largest absolute Gasteiger partial charge is 0.298 e. The zero-order valence-corrected chi connectivity index (χ0v) is 11.4. The van der Waals surface area contributed by atoms with Crippen LogP contribution in [0.4, 0.5) is 0 Å². The Labute approximate surface area is 94.2 Å². The Bertz CT molecular complexity index is 218. The van der Waals surface area contributed by atoms with Crippen LogP contribution in [-0.4, -0.2) is 75.4 Å². The van der Waals surface area contributed by atoms with Gasteiger partial charge in [0.05, 0.1) is 35.2 Å². The fourth-order valence-electron chi connectivity index (χ4n) is 2.12. The standard InChI is InChI=1S/C11H27N3O/c1-8-11(15)12(2)9-14(6,7)10-13(3,4)5/h8-10H2,1-7H3/q+2. The highest BCUT2D eigenvalue weighted by Gasteiger charge is 2.26. The first-order valence-corrected chi connectivity index (χ1v) is 5.44. The number of hydrogen-bond donors (Lipinski definition) is 0. The molecule has 0 aromatic heterocycles. The molecule has 1 amide bonds. The third kappa shape index (κ3) is 6.47. The van der Waals surface area contributed by atoms with Gasteiger partial charge in [0, 0.05) is 13.5 Å². The maximum absolute atomic E-state index is 11.5. The number of hydrogen-bond acceptors (Lipinski definition) is 1. The highest BCUT2D eigenvalue weighted by molar-refractivity contribution is 5.75. The summed E-state index contributed by atoms with van der Waals surface area (Å²) in [6.07, 6.45) is 0.584. The van der Waals surface area contributed by atoms with Gasteiger partial charge in [0.2, 0.25) is 12.6 Å². The molecule has 4 nitrogen and oxygen atoms in total. The van der Waals surface area contributed by atoms with Crippen LogP contribution in [0, 0.1) is 0 Å². The van der Waals surface area contributed by atoms with E-state index in [9.17, 15) is 4.79 Å². The fourth-order valence-corrected chi connectivity index (χ4v) is 2.12. The molecule has 0 rings (SSSR count). The van der Waals surface area contributed by atoms with Crippen LogP contribution in [0.3, 0.4) is 0 Å². The summed E-state index contributed by atoms with van der Waals surface area (Å²) in [5, 5.41) is 0. The maximum atomic E-state index is 11.5. The van der Waals surface area contributed by atoms with Gasteiger partial charge in [-0.3, -0.25) is 18.7 Å². The van der Waals surface area contributed by atoms with Crippen LogP contribution >= 0.6 is 0 Å². The van der Waals surface area contributed by atoms with Gasteiger partial charge in [0.25, 0.3) is 0 Å². The van der Waals surface area contributed by atoms with Gasteiger partial charge < -0.3 is 0 Å². The van der Waals surface area contributed by atoms with Gasteiger partial charge >= 0.3 is 0 Å². The molecule has 0 aliphatic rings. The van der Waals surface area contributed by atoms with Crippen LogP contribution in [0.2, 0.25) is 0 Å². The molecule has 0 radical (unpaired) electrons. The van der Waals surface area contributed by atoms with E-state index in [-0.39, 0.29) is 5.91 Å². The molecule has 0 aromatic carbocycles. The molecule has 0 unspecified atom stereocenters. The molecule has 0 saturated heterocycles. The lowest BCUT2D eigenvalue weighted by atomic mass is 10.4. The van der Waals surface area contributed by atoms with E-state index >= 15 is 0 Å². The minimum absolute atomic E-state index is 0.211. The first-order valence-electron chi connectivity index (χ1n) is 5.44. The predicted molar refractivity (Wildman–Crippen MR) is 62.9 cm³/mol. The van der Waals surface area contributed by atoms with E-state index in [1.807, 2.05) is 18.9 Å². The normalized spacial score (nSPS) is 12.7. The molecule has 90 valence electrons. The highest BCUT2D eigenvalue weighted by atomic mass is 16.2. The van der Waals surface area contributed by atoms with Gasteiger partial charge in [-0.25, -0.2) is 0 Å². The molecule has 0 spiro atoms. The molecule has 0 aromatic rings. The average molecular weight is 217 g/mol. The second kappa shape index (κ2) is 4.94. The Morgan fingerprint density at radius 1 is 1.13 bits per heavy atom.